The Bertz CT molecular complexity index is 1320. The van der Waals surface area contributed by atoms with E-state index in [-0.39, 0.29) is 5.91 Å². The van der Waals surface area contributed by atoms with E-state index in [0.717, 1.165) is 64.0 Å². The Morgan fingerprint density at radius 2 is 2.15 bits per heavy atom. The summed E-state index contributed by atoms with van der Waals surface area (Å²) in [6.45, 7) is 2.88. The van der Waals surface area contributed by atoms with E-state index in [1.165, 1.54) is 18.3 Å². The number of nitrogens with one attached hydrogen (secondary N) is 1. The molecule has 0 aliphatic heterocycles. The van der Waals surface area contributed by atoms with Crippen molar-refractivity contribution in [1.29, 1.82) is 0 Å². The molecule has 0 bridgehead atoms. The molecule has 0 saturated heterocycles. The molecule has 1 aliphatic carbocycles. The van der Waals surface area contributed by atoms with E-state index in [0.29, 0.717) is 11.7 Å². The molecule has 0 radical (unpaired) electrons. The van der Waals surface area contributed by atoms with E-state index in [1.807, 2.05) is 53.3 Å². The predicted octanol–water partition coefficient (Wildman–Crippen LogP) is 3.59. The van der Waals surface area contributed by atoms with Crippen molar-refractivity contribution >= 4 is 28.2 Å². The van der Waals surface area contributed by atoms with Crippen LogP contribution in [-0.4, -0.2) is 57.9 Å². The average Bonchev–Trinajstić information content (AvgIpc) is 3.43. The third kappa shape index (κ3) is 4.17. The molecule has 0 atom stereocenters. The number of aromatic nitrogens is 5. The third-order valence-corrected chi connectivity index (χ3v) is 6.74. The predicted molar refractivity (Wildman–Crippen MR) is 133 cm³/mol. The first kappa shape index (κ1) is 22.2. The van der Waals surface area contributed by atoms with Gasteiger partial charge < -0.3 is 15.0 Å². The monoisotopic (exact) mass is 475 g/mol. The Morgan fingerprint density at radius 3 is 2.85 bits per heavy atom. The van der Waals surface area contributed by atoms with Crippen LogP contribution >= 0.6 is 11.3 Å². The minimum Gasteiger partial charge on any atom is -0.383 e. The number of carbonyl (C=O) groups is 1. The maximum Gasteiger partial charge on any atom is 0.223 e. The highest BCUT2D eigenvalue weighted by Crippen LogP contribution is 2.44. The van der Waals surface area contributed by atoms with E-state index in [2.05, 4.69) is 20.3 Å². The molecule has 4 aromatic rings. The molecule has 4 heterocycles. The Labute approximate surface area is 201 Å². The first-order valence-electron chi connectivity index (χ1n) is 11.0. The molecule has 0 saturated carbocycles. The minimum absolute atomic E-state index is 0.131. The van der Waals surface area contributed by atoms with Crippen LogP contribution in [0.2, 0.25) is 0 Å². The highest BCUT2D eigenvalue weighted by molar-refractivity contribution is 7.19. The lowest BCUT2D eigenvalue weighted by atomic mass is 9.95. The lowest BCUT2D eigenvalue weighted by molar-refractivity contribution is -0.114. The van der Waals surface area contributed by atoms with Gasteiger partial charge in [0.15, 0.2) is 5.13 Å². The van der Waals surface area contributed by atoms with Crippen molar-refractivity contribution in [3.63, 3.8) is 0 Å². The number of nitrogens with zero attached hydrogens (tertiary/aromatic N) is 6. The molecule has 0 spiro atoms. The topological polar surface area (TPSA) is 98.1 Å². The largest absolute Gasteiger partial charge is 0.383 e. The van der Waals surface area contributed by atoms with Gasteiger partial charge in [-0.25, -0.2) is 14.6 Å². The number of methoxy groups -OCH3 is 1. The molecular formula is C24H25N7O2S. The van der Waals surface area contributed by atoms with Crippen LogP contribution in [0, 0.1) is 0 Å². The fraction of sp³-hybridized carbons (Fsp3) is 0.292. The van der Waals surface area contributed by atoms with Crippen LogP contribution in [0.1, 0.15) is 18.2 Å². The summed E-state index contributed by atoms with van der Waals surface area (Å²) < 4.78 is 7.12. The van der Waals surface area contributed by atoms with Crippen molar-refractivity contribution in [3.8, 4) is 27.5 Å². The van der Waals surface area contributed by atoms with Crippen molar-refractivity contribution in [3.05, 3.63) is 54.1 Å². The molecule has 174 valence electrons. The molecule has 0 unspecified atom stereocenters. The molecule has 1 N–H and O–H groups in total. The quantitative estimate of drug-likeness (QED) is 0.436. The summed E-state index contributed by atoms with van der Waals surface area (Å²) in [5, 5.41) is 8.45. The van der Waals surface area contributed by atoms with Crippen LogP contribution in [0.3, 0.4) is 0 Å². The van der Waals surface area contributed by atoms with Crippen LogP contribution in [0.5, 0.6) is 0 Å². The van der Waals surface area contributed by atoms with Gasteiger partial charge in [0, 0.05) is 51.1 Å². The fourth-order valence-electron chi connectivity index (χ4n) is 4.07. The number of amides is 1. The molecule has 1 amide bonds. The van der Waals surface area contributed by atoms with Gasteiger partial charge in [-0.15, -0.1) is 0 Å². The van der Waals surface area contributed by atoms with Crippen LogP contribution in [-0.2, 0) is 22.4 Å². The molecule has 0 fully saturated rings. The van der Waals surface area contributed by atoms with Crippen LogP contribution in [0.25, 0.3) is 27.5 Å². The van der Waals surface area contributed by atoms with Crippen LogP contribution in [0.4, 0.5) is 10.9 Å². The summed E-state index contributed by atoms with van der Waals surface area (Å²) in [7, 11) is 3.68. The molecule has 5 rings (SSSR count). The Morgan fingerprint density at radius 1 is 1.26 bits per heavy atom. The van der Waals surface area contributed by atoms with Gasteiger partial charge in [0.1, 0.15) is 5.82 Å². The normalized spacial score (nSPS) is 12.2. The highest BCUT2D eigenvalue weighted by Gasteiger charge is 2.30. The Balaban J connectivity index is 1.61. The number of thiazole rings is 1. The maximum absolute atomic E-state index is 11.6. The fourth-order valence-corrected chi connectivity index (χ4v) is 5.18. The lowest BCUT2D eigenvalue weighted by Gasteiger charge is -2.18. The summed E-state index contributed by atoms with van der Waals surface area (Å²) in [4.78, 5) is 28.3. The number of hydrogen-bond donors (Lipinski definition) is 1. The maximum atomic E-state index is 11.6. The molecule has 34 heavy (non-hydrogen) atoms. The zero-order valence-corrected chi connectivity index (χ0v) is 20.1. The molecule has 4 aromatic heterocycles. The number of carbonyl (C=O) groups excluding carboxylic acids is 1. The Hall–Kier alpha value is -3.63. The zero-order chi connectivity index (χ0) is 23.7. The van der Waals surface area contributed by atoms with Crippen LogP contribution in [0.15, 0.2) is 42.9 Å². The number of likely N-dealkylation sites (N-methyl/N-ethyl adjacent to an activating group) is 1. The Kier molecular flexibility index (Phi) is 6.08. The van der Waals surface area contributed by atoms with E-state index in [4.69, 9.17) is 9.84 Å². The standard InChI is InChI=1S/C24H25N7O2S/c1-15(32)27-24-28-19-8-7-18-21(16-5-4-10-25-13-16)29-31(22(18)23(19)34-24)17-6-9-20(26-14-17)30(2)11-12-33-3/h4-6,9-10,13-14H,7-8,11-12H2,1-3H3,(H,27,28,32). The first-order valence-corrected chi connectivity index (χ1v) is 11.8. The summed E-state index contributed by atoms with van der Waals surface area (Å²) in [6.07, 6.45) is 7.03. The number of hydrogen-bond acceptors (Lipinski definition) is 8. The SMILES string of the molecule is COCCN(C)c1ccc(-n2nc(-c3cccnc3)c3c2-c2sc(NC(C)=O)nc2CC3)cn1. The number of rotatable bonds is 7. The number of fused-ring (bicyclic) bond motifs is 3. The smallest absolute Gasteiger partial charge is 0.223 e. The zero-order valence-electron chi connectivity index (χ0n) is 19.3. The van der Waals surface area contributed by atoms with Gasteiger partial charge in [-0.3, -0.25) is 9.78 Å². The van der Waals surface area contributed by atoms with Crippen molar-refractivity contribution in [2.75, 3.05) is 37.5 Å². The molecular weight excluding hydrogens is 450 g/mol. The molecule has 1 aliphatic rings. The minimum atomic E-state index is -0.131. The van der Waals surface area contributed by atoms with E-state index in [9.17, 15) is 4.79 Å². The van der Waals surface area contributed by atoms with Gasteiger partial charge in [0.25, 0.3) is 0 Å². The molecule has 0 aromatic carbocycles. The number of pyridine rings is 2. The molecule has 10 heteroatoms. The third-order valence-electron chi connectivity index (χ3n) is 5.72. The molecule has 9 nitrogen and oxygen atoms in total. The van der Waals surface area contributed by atoms with E-state index >= 15 is 0 Å². The van der Waals surface area contributed by atoms with Gasteiger partial charge in [0.2, 0.25) is 5.91 Å². The van der Waals surface area contributed by atoms with Crippen molar-refractivity contribution < 1.29 is 9.53 Å². The van der Waals surface area contributed by atoms with Crippen molar-refractivity contribution in [2.24, 2.45) is 0 Å². The number of anilines is 2. The number of aryl methyl sites for hydroxylation is 1. The summed E-state index contributed by atoms with van der Waals surface area (Å²) in [5.41, 5.74) is 5.86. The highest BCUT2D eigenvalue weighted by atomic mass is 32.1. The van der Waals surface area contributed by atoms with Gasteiger partial charge in [-0.1, -0.05) is 11.3 Å². The summed E-state index contributed by atoms with van der Waals surface area (Å²) >= 11 is 1.48. The summed E-state index contributed by atoms with van der Waals surface area (Å²) in [6, 6.07) is 7.96. The second-order valence-corrected chi connectivity index (χ2v) is 9.09. The summed E-state index contributed by atoms with van der Waals surface area (Å²) in [5.74, 6) is 0.731. The second kappa shape index (κ2) is 9.32. The van der Waals surface area contributed by atoms with Gasteiger partial charge in [-0.2, -0.15) is 5.10 Å². The number of ether oxygens (including phenoxy) is 1. The van der Waals surface area contributed by atoms with E-state index < -0.39 is 0 Å². The van der Waals surface area contributed by atoms with Gasteiger partial charge >= 0.3 is 0 Å². The van der Waals surface area contributed by atoms with E-state index in [1.54, 1.807) is 13.3 Å². The second-order valence-electron chi connectivity index (χ2n) is 8.09. The van der Waals surface area contributed by atoms with Crippen LogP contribution < -0.4 is 10.2 Å². The lowest BCUT2D eigenvalue weighted by Crippen LogP contribution is -2.23. The van der Waals surface area contributed by atoms with Gasteiger partial charge in [-0.05, 0) is 37.1 Å². The van der Waals surface area contributed by atoms with Crippen molar-refractivity contribution in [2.45, 2.75) is 19.8 Å². The first-order chi connectivity index (χ1) is 16.5. The van der Waals surface area contributed by atoms with Crippen molar-refractivity contribution in [1.82, 2.24) is 24.7 Å². The average molecular weight is 476 g/mol. The van der Waals surface area contributed by atoms with Gasteiger partial charge in [0.05, 0.1) is 40.5 Å².